The molecule has 5 nitrogen and oxygen atoms in total. The van der Waals surface area contributed by atoms with Crippen molar-refractivity contribution >= 4 is 29.2 Å². The van der Waals surface area contributed by atoms with Gasteiger partial charge in [-0.05, 0) is 60.7 Å². The second-order valence-electron chi connectivity index (χ2n) is 6.46. The molecule has 1 aromatic heterocycles. The van der Waals surface area contributed by atoms with Gasteiger partial charge in [0.25, 0.3) is 0 Å². The van der Waals surface area contributed by atoms with Crippen molar-refractivity contribution in [2.24, 2.45) is 5.73 Å². The van der Waals surface area contributed by atoms with E-state index in [2.05, 4.69) is 5.10 Å². The first kappa shape index (κ1) is 20.0. The molecule has 0 aliphatic heterocycles. The maximum Gasteiger partial charge on any atom is 0.125 e. The summed E-state index contributed by atoms with van der Waals surface area (Å²) in [7, 11) is 0. The minimum atomic E-state index is -0.334. The number of hydrogen-bond donors (Lipinski definition) is 3. The Morgan fingerprint density at radius 1 is 1.07 bits per heavy atom. The van der Waals surface area contributed by atoms with Crippen LogP contribution < -0.4 is 5.73 Å². The Bertz CT molecular complexity index is 1220. The lowest BCUT2D eigenvalue weighted by Crippen LogP contribution is -2.10. The largest absolute Gasteiger partial charge is 0.507 e. The molecule has 4 N–H and O–H groups in total. The second-order valence-corrected chi connectivity index (χ2v) is 8.02. The smallest absolute Gasteiger partial charge is 0.125 e. The van der Waals surface area contributed by atoms with Gasteiger partial charge in [0.2, 0.25) is 0 Å². The molecule has 3 aromatic carbocycles. The minimum Gasteiger partial charge on any atom is -0.507 e. The highest BCUT2D eigenvalue weighted by molar-refractivity contribution is 7.99. The molecule has 150 valence electrons. The second kappa shape index (κ2) is 8.22. The summed E-state index contributed by atoms with van der Waals surface area (Å²) < 4.78 is 15.0. The predicted octanol–water partition coefficient (Wildman–Crippen LogP) is 5.47. The van der Waals surface area contributed by atoms with Gasteiger partial charge in [0.1, 0.15) is 23.1 Å². The van der Waals surface area contributed by atoms with Crippen molar-refractivity contribution in [3.8, 4) is 22.7 Å². The molecule has 4 rings (SSSR count). The Balaban J connectivity index is 1.81. The number of benzene rings is 3. The van der Waals surface area contributed by atoms with E-state index in [4.69, 9.17) is 22.7 Å². The van der Waals surface area contributed by atoms with Gasteiger partial charge in [0.05, 0.1) is 10.6 Å². The Morgan fingerprint density at radius 3 is 2.40 bits per heavy atom. The molecule has 0 saturated carbocycles. The molecule has 4 aromatic rings. The molecule has 8 heteroatoms. The van der Waals surface area contributed by atoms with E-state index < -0.39 is 0 Å². The van der Waals surface area contributed by atoms with Gasteiger partial charge in [-0.1, -0.05) is 29.4 Å². The lowest BCUT2D eigenvalue weighted by Gasteiger charge is -2.07. The van der Waals surface area contributed by atoms with Gasteiger partial charge >= 0.3 is 0 Å². The van der Waals surface area contributed by atoms with Crippen molar-refractivity contribution in [1.82, 2.24) is 9.78 Å². The Hall–Kier alpha value is -3.29. The number of aromatic nitrogens is 2. The van der Waals surface area contributed by atoms with Crippen LogP contribution in [0.1, 0.15) is 5.56 Å². The number of aromatic hydroxyl groups is 1. The van der Waals surface area contributed by atoms with Gasteiger partial charge < -0.3 is 10.8 Å². The van der Waals surface area contributed by atoms with E-state index in [-0.39, 0.29) is 17.4 Å². The maximum atomic E-state index is 13.3. The summed E-state index contributed by atoms with van der Waals surface area (Å²) in [5, 5.41) is 23.4. The fourth-order valence-corrected chi connectivity index (χ4v) is 3.93. The van der Waals surface area contributed by atoms with Gasteiger partial charge in [-0.15, -0.1) is 0 Å². The molecule has 0 radical (unpaired) electrons. The first-order valence-electron chi connectivity index (χ1n) is 8.87. The highest BCUT2D eigenvalue weighted by atomic mass is 35.5. The normalized spacial score (nSPS) is 10.9. The number of phenolic OH excluding ortho intramolecular Hbond substituents is 1. The third kappa shape index (κ3) is 4.17. The number of amidine groups is 1. The van der Waals surface area contributed by atoms with Crippen LogP contribution in [0.5, 0.6) is 5.75 Å². The lowest BCUT2D eigenvalue weighted by molar-refractivity contribution is 0.477. The van der Waals surface area contributed by atoms with Crippen molar-refractivity contribution in [1.29, 1.82) is 5.41 Å². The first-order chi connectivity index (χ1) is 14.4. The summed E-state index contributed by atoms with van der Waals surface area (Å²) in [6.07, 6.45) is 1.82. The summed E-state index contributed by atoms with van der Waals surface area (Å²) in [5.74, 6) is -0.506. The zero-order valence-electron chi connectivity index (χ0n) is 15.5. The summed E-state index contributed by atoms with van der Waals surface area (Å²) in [5.41, 5.74) is 7.66. The van der Waals surface area contributed by atoms with Gasteiger partial charge in [0.15, 0.2) is 0 Å². The molecule has 1 heterocycles. The van der Waals surface area contributed by atoms with Crippen molar-refractivity contribution in [3.63, 3.8) is 0 Å². The van der Waals surface area contributed by atoms with E-state index in [1.165, 1.54) is 30.0 Å². The monoisotopic (exact) mass is 438 g/mol. The number of rotatable bonds is 5. The molecule has 0 aliphatic carbocycles. The standard InChI is InChI=1S/C22H16ClFN4OS/c23-14-2-8-17(9-3-14)30-20-12-28(16-6-4-15(24)5-7-16)27-21(20)18-10-1-13(22(25)26)11-19(18)29/h1-12,29H,(H3,25,26). The SMILES string of the molecule is N=C(N)c1ccc(-c2nn(-c3ccc(F)cc3)cc2Sc2ccc(Cl)cc2)c(O)c1. The van der Waals surface area contributed by atoms with Gasteiger partial charge in [-0.3, -0.25) is 5.41 Å². The van der Waals surface area contributed by atoms with E-state index in [1.54, 1.807) is 41.1 Å². The average molecular weight is 439 g/mol. The third-order valence-corrected chi connectivity index (χ3v) is 5.66. The number of phenols is 1. The van der Waals surface area contributed by atoms with Crippen LogP contribution in [0.3, 0.4) is 0 Å². The molecule has 0 atom stereocenters. The van der Waals surface area contributed by atoms with Crippen molar-refractivity contribution < 1.29 is 9.50 Å². The van der Waals surface area contributed by atoms with E-state index in [0.717, 1.165) is 9.79 Å². The number of nitrogens with two attached hydrogens (primary N) is 1. The van der Waals surface area contributed by atoms with Crippen molar-refractivity contribution in [2.45, 2.75) is 9.79 Å². The lowest BCUT2D eigenvalue weighted by atomic mass is 10.1. The number of halogens is 2. The van der Waals surface area contributed by atoms with Crippen molar-refractivity contribution in [3.05, 3.63) is 89.3 Å². The number of nitrogens with zero attached hydrogens (tertiary/aromatic N) is 2. The fourth-order valence-electron chi connectivity index (χ4n) is 2.87. The van der Waals surface area contributed by atoms with Crippen LogP contribution >= 0.6 is 23.4 Å². The van der Waals surface area contributed by atoms with Crippen LogP contribution in [0, 0.1) is 11.2 Å². The van der Waals surface area contributed by atoms with E-state index >= 15 is 0 Å². The molecular weight excluding hydrogens is 423 g/mol. The van der Waals surface area contributed by atoms with Crippen LogP contribution in [-0.2, 0) is 0 Å². The van der Waals surface area contributed by atoms with E-state index in [0.29, 0.717) is 27.5 Å². The highest BCUT2D eigenvalue weighted by Crippen LogP contribution is 2.39. The Morgan fingerprint density at radius 2 is 1.77 bits per heavy atom. The summed E-state index contributed by atoms with van der Waals surface area (Å²) in [6, 6.07) is 18.1. The average Bonchev–Trinajstić information content (AvgIpc) is 3.13. The van der Waals surface area contributed by atoms with E-state index in [1.807, 2.05) is 18.3 Å². The molecule has 0 fully saturated rings. The molecule has 0 spiro atoms. The van der Waals surface area contributed by atoms with Crippen LogP contribution in [-0.4, -0.2) is 20.7 Å². The van der Waals surface area contributed by atoms with Crippen LogP contribution in [0.4, 0.5) is 4.39 Å². The van der Waals surface area contributed by atoms with Crippen LogP contribution in [0.25, 0.3) is 16.9 Å². The highest BCUT2D eigenvalue weighted by Gasteiger charge is 2.17. The summed E-state index contributed by atoms with van der Waals surface area (Å²) in [4.78, 5) is 1.73. The quantitative estimate of drug-likeness (QED) is 0.284. The summed E-state index contributed by atoms with van der Waals surface area (Å²) in [6.45, 7) is 0. The molecule has 0 aliphatic rings. The zero-order valence-corrected chi connectivity index (χ0v) is 17.1. The first-order valence-corrected chi connectivity index (χ1v) is 10.1. The minimum absolute atomic E-state index is 0.0370. The molecule has 0 amide bonds. The Kier molecular flexibility index (Phi) is 5.48. The Labute approximate surface area is 181 Å². The molecule has 0 bridgehead atoms. The zero-order chi connectivity index (χ0) is 21.3. The fraction of sp³-hybridized carbons (Fsp3) is 0. The summed E-state index contributed by atoms with van der Waals surface area (Å²) >= 11 is 7.44. The van der Waals surface area contributed by atoms with Gasteiger partial charge in [-0.2, -0.15) is 5.10 Å². The number of hydrogen-bond acceptors (Lipinski definition) is 4. The maximum absolute atomic E-state index is 13.3. The van der Waals surface area contributed by atoms with Gasteiger partial charge in [-0.25, -0.2) is 9.07 Å². The van der Waals surface area contributed by atoms with Crippen LogP contribution in [0.2, 0.25) is 5.02 Å². The van der Waals surface area contributed by atoms with Crippen LogP contribution in [0.15, 0.2) is 82.7 Å². The predicted molar refractivity (Wildman–Crippen MR) is 117 cm³/mol. The van der Waals surface area contributed by atoms with E-state index in [9.17, 15) is 9.50 Å². The molecule has 0 unspecified atom stereocenters. The molecular formula is C22H16ClFN4OS. The number of nitrogen functional groups attached to an aromatic ring is 1. The van der Waals surface area contributed by atoms with Crippen molar-refractivity contribution in [2.75, 3.05) is 0 Å². The number of nitrogens with one attached hydrogen (secondary N) is 1. The van der Waals surface area contributed by atoms with Gasteiger partial charge in [0, 0.05) is 27.2 Å². The third-order valence-electron chi connectivity index (χ3n) is 4.38. The molecule has 30 heavy (non-hydrogen) atoms. The molecule has 0 saturated heterocycles. The topological polar surface area (TPSA) is 87.9 Å².